The van der Waals surface area contributed by atoms with Crippen LogP contribution in [0.2, 0.25) is 0 Å². The number of piperidine rings is 1. The highest BCUT2D eigenvalue weighted by Gasteiger charge is 2.38. The van der Waals surface area contributed by atoms with E-state index in [0.717, 1.165) is 43.7 Å². The number of fused-ring (bicyclic) bond motifs is 1. The van der Waals surface area contributed by atoms with Crippen LogP contribution in [-0.4, -0.2) is 76.5 Å². The van der Waals surface area contributed by atoms with Crippen molar-refractivity contribution in [3.05, 3.63) is 24.7 Å². The fourth-order valence-corrected chi connectivity index (χ4v) is 4.37. The van der Waals surface area contributed by atoms with Crippen LogP contribution in [0.3, 0.4) is 0 Å². The minimum atomic E-state index is 0.00567. The fourth-order valence-electron chi connectivity index (χ4n) is 4.37. The van der Waals surface area contributed by atoms with Gasteiger partial charge in [-0.25, -0.2) is 15.0 Å². The summed E-state index contributed by atoms with van der Waals surface area (Å²) in [7, 11) is 4.00. The standard InChI is InChI=1S/C19H26N6O/c1-13-10-14(24(3)16-5-9-23(2)19(16)26)12-25(11-13)15-4-6-21-18-17(15)20-7-8-22-18/h4,6-8,13-14,16H,5,9-12H2,1-3H3/t13-,14+,16?/m0/s1. The van der Waals surface area contributed by atoms with Gasteiger partial charge in [0.05, 0.1) is 11.7 Å². The molecule has 0 saturated carbocycles. The van der Waals surface area contributed by atoms with Crippen LogP contribution in [0.1, 0.15) is 19.8 Å². The lowest BCUT2D eigenvalue weighted by molar-refractivity contribution is -0.131. The smallest absolute Gasteiger partial charge is 0.239 e. The Morgan fingerprint density at radius 1 is 1.15 bits per heavy atom. The predicted octanol–water partition coefficient (Wildman–Crippen LogP) is 1.40. The van der Waals surface area contributed by atoms with Crippen LogP contribution in [0.4, 0.5) is 5.69 Å². The van der Waals surface area contributed by atoms with Crippen molar-refractivity contribution in [2.24, 2.45) is 5.92 Å². The van der Waals surface area contributed by atoms with Crippen molar-refractivity contribution in [2.45, 2.75) is 31.8 Å². The van der Waals surface area contributed by atoms with Gasteiger partial charge in [0.2, 0.25) is 5.91 Å². The molecule has 138 valence electrons. The Hall–Kier alpha value is -2.28. The molecule has 26 heavy (non-hydrogen) atoms. The first kappa shape index (κ1) is 17.1. The maximum atomic E-state index is 12.4. The number of amides is 1. The number of likely N-dealkylation sites (tertiary alicyclic amines) is 1. The van der Waals surface area contributed by atoms with E-state index in [0.29, 0.717) is 17.6 Å². The van der Waals surface area contributed by atoms with Crippen molar-refractivity contribution in [1.82, 2.24) is 24.8 Å². The van der Waals surface area contributed by atoms with Crippen molar-refractivity contribution in [3.63, 3.8) is 0 Å². The lowest BCUT2D eigenvalue weighted by Gasteiger charge is -2.43. The van der Waals surface area contributed by atoms with Gasteiger partial charge >= 0.3 is 0 Å². The zero-order valence-corrected chi connectivity index (χ0v) is 15.7. The molecule has 0 bridgehead atoms. The Morgan fingerprint density at radius 3 is 2.69 bits per heavy atom. The summed E-state index contributed by atoms with van der Waals surface area (Å²) in [4.78, 5) is 32.1. The third-order valence-corrected chi connectivity index (χ3v) is 5.80. The van der Waals surface area contributed by atoms with Gasteiger partial charge in [-0.1, -0.05) is 6.92 Å². The number of carbonyl (C=O) groups is 1. The van der Waals surface area contributed by atoms with E-state index in [1.807, 2.05) is 18.0 Å². The summed E-state index contributed by atoms with van der Waals surface area (Å²) in [6.45, 7) is 5.01. The molecule has 0 aliphatic carbocycles. The molecule has 4 rings (SSSR count). The highest BCUT2D eigenvalue weighted by molar-refractivity contribution is 5.85. The average molecular weight is 354 g/mol. The molecular formula is C19H26N6O. The Kier molecular flexibility index (Phi) is 4.48. The maximum absolute atomic E-state index is 12.4. The summed E-state index contributed by atoms with van der Waals surface area (Å²) < 4.78 is 0. The molecule has 2 aromatic heterocycles. The van der Waals surface area contributed by atoms with Gasteiger partial charge in [0.1, 0.15) is 5.52 Å². The van der Waals surface area contributed by atoms with Crippen LogP contribution in [0, 0.1) is 5.92 Å². The third-order valence-electron chi connectivity index (χ3n) is 5.80. The van der Waals surface area contributed by atoms with E-state index in [4.69, 9.17) is 0 Å². The molecule has 2 aliphatic rings. The van der Waals surface area contributed by atoms with Crippen molar-refractivity contribution >= 4 is 22.8 Å². The molecule has 2 saturated heterocycles. The van der Waals surface area contributed by atoms with E-state index >= 15 is 0 Å². The first-order chi connectivity index (χ1) is 12.5. The van der Waals surface area contributed by atoms with Gasteiger partial charge < -0.3 is 9.80 Å². The lowest BCUT2D eigenvalue weighted by atomic mass is 9.93. The Morgan fingerprint density at radius 2 is 1.92 bits per heavy atom. The SMILES string of the molecule is C[C@H]1C[C@@H](N(C)C2CCN(C)C2=O)CN(c2ccnc3nccnc23)C1. The monoisotopic (exact) mass is 354 g/mol. The molecule has 2 fully saturated rings. The first-order valence-electron chi connectivity index (χ1n) is 9.32. The van der Waals surface area contributed by atoms with Gasteiger partial charge in [0, 0.05) is 51.3 Å². The number of likely N-dealkylation sites (N-methyl/N-ethyl adjacent to an activating group) is 2. The predicted molar refractivity (Wildman–Crippen MR) is 101 cm³/mol. The number of carbonyl (C=O) groups excluding carboxylic acids is 1. The van der Waals surface area contributed by atoms with Gasteiger partial charge in [-0.05, 0) is 31.9 Å². The molecule has 7 nitrogen and oxygen atoms in total. The molecule has 0 spiro atoms. The van der Waals surface area contributed by atoms with E-state index in [9.17, 15) is 4.79 Å². The van der Waals surface area contributed by atoms with E-state index in [-0.39, 0.29) is 11.9 Å². The lowest BCUT2D eigenvalue weighted by Crippen LogP contribution is -2.53. The maximum Gasteiger partial charge on any atom is 0.239 e. The van der Waals surface area contributed by atoms with Gasteiger partial charge in [-0.2, -0.15) is 0 Å². The van der Waals surface area contributed by atoms with Crippen molar-refractivity contribution in [3.8, 4) is 0 Å². The van der Waals surface area contributed by atoms with Crippen molar-refractivity contribution in [2.75, 3.05) is 38.6 Å². The molecule has 2 aliphatic heterocycles. The summed E-state index contributed by atoms with van der Waals surface area (Å²) in [5, 5.41) is 0. The van der Waals surface area contributed by atoms with Gasteiger partial charge in [-0.15, -0.1) is 0 Å². The number of nitrogens with zero attached hydrogens (tertiary/aromatic N) is 6. The average Bonchev–Trinajstić information content (AvgIpc) is 2.99. The minimum absolute atomic E-state index is 0.00567. The largest absolute Gasteiger partial charge is 0.368 e. The molecule has 0 radical (unpaired) electrons. The molecule has 1 unspecified atom stereocenters. The molecule has 4 heterocycles. The van der Waals surface area contributed by atoms with Crippen LogP contribution < -0.4 is 4.90 Å². The van der Waals surface area contributed by atoms with Crippen molar-refractivity contribution in [1.29, 1.82) is 0 Å². The number of pyridine rings is 1. The number of rotatable bonds is 3. The highest BCUT2D eigenvalue weighted by atomic mass is 16.2. The van der Waals surface area contributed by atoms with E-state index in [1.54, 1.807) is 18.6 Å². The molecule has 0 aromatic carbocycles. The number of anilines is 1. The van der Waals surface area contributed by atoms with Gasteiger partial charge in [0.25, 0.3) is 0 Å². The second kappa shape index (κ2) is 6.79. The Bertz CT molecular complexity index is 806. The molecular weight excluding hydrogens is 328 g/mol. The third kappa shape index (κ3) is 3.00. The van der Waals surface area contributed by atoms with Crippen LogP contribution in [0.5, 0.6) is 0 Å². The summed E-state index contributed by atoms with van der Waals surface area (Å²) in [5.41, 5.74) is 2.62. The first-order valence-corrected chi connectivity index (χ1v) is 9.32. The molecule has 3 atom stereocenters. The van der Waals surface area contributed by atoms with E-state index in [1.165, 1.54) is 0 Å². The summed E-state index contributed by atoms with van der Waals surface area (Å²) in [5.74, 6) is 0.794. The fraction of sp³-hybridized carbons (Fsp3) is 0.579. The Balaban J connectivity index is 1.59. The summed E-state index contributed by atoms with van der Waals surface area (Å²) in [6, 6.07) is 2.38. The number of hydrogen-bond donors (Lipinski definition) is 0. The number of hydrogen-bond acceptors (Lipinski definition) is 6. The van der Waals surface area contributed by atoms with E-state index in [2.05, 4.69) is 38.7 Å². The van der Waals surface area contributed by atoms with Crippen LogP contribution >= 0.6 is 0 Å². The van der Waals surface area contributed by atoms with Crippen LogP contribution in [0.25, 0.3) is 11.2 Å². The Labute approximate surface area is 154 Å². The second-order valence-corrected chi connectivity index (χ2v) is 7.69. The molecule has 1 amide bonds. The quantitative estimate of drug-likeness (QED) is 0.830. The van der Waals surface area contributed by atoms with E-state index < -0.39 is 0 Å². The zero-order chi connectivity index (χ0) is 18.3. The van der Waals surface area contributed by atoms with Gasteiger partial charge in [-0.3, -0.25) is 9.69 Å². The van der Waals surface area contributed by atoms with Crippen LogP contribution in [-0.2, 0) is 4.79 Å². The highest BCUT2D eigenvalue weighted by Crippen LogP contribution is 2.30. The zero-order valence-electron chi connectivity index (χ0n) is 15.7. The normalized spacial score (nSPS) is 26.9. The topological polar surface area (TPSA) is 65.5 Å². The molecule has 7 heteroatoms. The van der Waals surface area contributed by atoms with Gasteiger partial charge in [0.15, 0.2) is 5.65 Å². The molecule has 2 aromatic rings. The van der Waals surface area contributed by atoms with Crippen LogP contribution in [0.15, 0.2) is 24.7 Å². The van der Waals surface area contributed by atoms with Crippen molar-refractivity contribution < 1.29 is 4.79 Å². The summed E-state index contributed by atoms with van der Waals surface area (Å²) >= 11 is 0. The molecule has 0 N–H and O–H groups in total. The minimum Gasteiger partial charge on any atom is -0.368 e. The number of aromatic nitrogens is 3. The second-order valence-electron chi connectivity index (χ2n) is 7.69. The summed E-state index contributed by atoms with van der Waals surface area (Å²) in [6.07, 6.45) is 7.23.